The lowest BCUT2D eigenvalue weighted by Gasteiger charge is -2.20. The largest absolute Gasteiger partial charge is 0.480 e. The summed E-state index contributed by atoms with van der Waals surface area (Å²) in [5.74, 6) is -2.63. The van der Waals surface area contributed by atoms with Gasteiger partial charge >= 0.3 is 25.7 Å². The number of aliphatic hydroxyl groups excluding tert-OH is 1. The van der Waals surface area contributed by atoms with Gasteiger partial charge in [0, 0.05) is 12.8 Å². The molecular weight excluding hydrogens is 701 g/mol. The molecule has 0 aromatic carbocycles. The number of aliphatic hydroxyl groups is 1. The monoisotopic (exact) mass is 769 g/mol. The number of rotatable bonds is 35. The third kappa shape index (κ3) is 34.6. The number of hydrogen-bond donors (Lipinski definition) is 4. The molecule has 0 bridgehead atoms. The Kier molecular flexibility index (Phi) is 33.0. The van der Waals surface area contributed by atoms with E-state index < -0.39 is 63.8 Å². The van der Waals surface area contributed by atoms with Crippen molar-refractivity contribution in [3.8, 4) is 0 Å². The lowest BCUT2D eigenvalue weighted by Crippen LogP contribution is -2.34. The van der Waals surface area contributed by atoms with Crippen LogP contribution in [0.15, 0.2) is 60.8 Å². The summed E-state index contributed by atoms with van der Waals surface area (Å²) in [5, 5.41) is 19.1. The fraction of sp³-hybridized carbons (Fsp3) is 0.675. The number of carbonyl (C=O) groups excluding carboxylic acids is 2. The number of ether oxygens (including phenoxy) is 2. The van der Waals surface area contributed by atoms with Crippen molar-refractivity contribution in [1.29, 1.82) is 0 Å². The fourth-order valence-corrected chi connectivity index (χ4v) is 5.45. The normalized spacial score (nSPS) is 15.1. The minimum atomic E-state index is -4.77. The lowest BCUT2D eigenvalue weighted by atomic mass is 10.1. The fourth-order valence-electron chi connectivity index (χ4n) is 4.68. The molecule has 0 radical (unpaired) electrons. The van der Waals surface area contributed by atoms with Crippen LogP contribution in [0.3, 0.4) is 0 Å². The number of phosphoric acid groups is 1. The highest BCUT2D eigenvalue weighted by atomic mass is 31.2. The van der Waals surface area contributed by atoms with Crippen LogP contribution < -0.4 is 5.73 Å². The molecule has 5 N–H and O–H groups in total. The van der Waals surface area contributed by atoms with Crippen LogP contribution in [0.1, 0.15) is 136 Å². The zero-order valence-corrected chi connectivity index (χ0v) is 33.1. The number of hydrogen-bond acceptors (Lipinski definition) is 10. The first-order valence-electron chi connectivity index (χ1n) is 19.4. The molecule has 0 aromatic rings. The Morgan fingerprint density at radius 1 is 0.679 bits per heavy atom. The Balaban J connectivity index is 4.67. The van der Waals surface area contributed by atoms with Gasteiger partial charge in [-0.15, -0.1) is 0 Å². The van der Waals surface area contributed by atoms with Crippen LogP contribution in [-0.2, 0) is 37.5 Å². The van der Waals surface area contributed by atoms with Crippen molar-refractivity contribution >= 4 is 25.7 Å². The molecule has 0 aromatic heterocycles. The van der Waals surface area contributed by atoms with E-state index in [0.29, 0.717) is 19.3 Å². The van der Waals surface area contributed by atoms with Crippen LogP contribution in [0.4, 0.5) is 0 Å². The SMILES string of the molecule is CCCC/C=C\CCCCCCCC(=O)OC[C@H](COP(=O)(O)OC[C@H](N)C(=O)O)OC(=O)CCC[C@@H](O)/C=C/C=C\C/C=C\C/C=C\CCCCC. The molecule has 0 rings (SSSR count). The van der Waals surface area contributed by atoms with E-state index in [0.717, 1.165) is 57.8 Å². The predicted octanol–water partition coefficient (Wildman–Crippen LogP) is 8.58. The Labute approximate surface area is 318 Å². The van der Waals surface area contributed by atoms with Gasteiger partial charge in [0.1, 0.15) is 12.6 Å². The predicted molar refractivity (Wildman–Crippen MR) is 209 cm³/mol. The molecule has 0 heterocycles. The molecule has 0 aliphatic heterocycles. The number of carboxylic acid groups (broad SMARTS) is 1. The number of unbranched alkanes of at least 4 members (excludes halogenated alkanes) is 10. The summed E-state index contributed by atoms with van der Waals surface area (Å²) in [5.41, 5.74) is 5.30. The maximum Gasteiger partial charge on any atom is 0.472 e. The highest BCUT2D eigenvalue weighted by molar-refractivity contribution is 7.47. The Morgan fingerprint density at radius 3 is 1.94 bits per heavy atom. The van der Waals surface area contributed by atoms with Crippen LogP contribution in [-0.4, -0.2) is 71.1 Å². The molecule has 13 heteroatoms. The van der Waals surface area contributed by atoms with Crippen molar-refractivity contribution in [2.24, 2.45) is 5.73 Å². The van der Waals surface area contributed by atoms with Gasteiger partial charge in [0.2, 0.25) is 0 Å². The second-order valence-electron chi connectivity index (χ2n) is 12.9. The van der Waals surface area contributed by atoms with Gasteiger partial charge in [0.05, 0.1) is 19.3 Å². The third-order valence-corrected chi connectivity index (χ3v) is 8.79. The number of nitrogens with two attached hydrogens (primary N) is 1. The van der Waals surface area contributed by atoms with E-state index in [9.17, 15) is 28.9 Å². The molecule has 0 spiro atoms. The van der Waals surface area contributed by atoms with Gasteiger partial charge in [0.25, 0.3) is 0 Å². The summed E-state index contributed by atoms with van der Waals surface area (Å²) >= 11 is 0. The molecule has 0 saturated heterocycles. The van der Waals surface area contributed by atoms with Gasteiger partial charge in [-0.05, 0) is 64.2 Å². The minimum Gasteiger partial charge on any atom is -0.480 e. The number of allylic oxidation sites excluding steroid dienone is 9. The zero-order valence-electron chi connectivity index (χ0n) is 32.2. The van der Waals surface area contributed by atoms with E-state index in [-0.39, 0.29) is 12.8 Å². The number of carbonyl (C=O) groups is 3. The first-order chi connectivity index (χ1) is 25.5. The number of aliphatic carboxylic acids is 1. The summed E-state index contributed by atoms with van der Waals surface area (Å²) in [6, 6.07) is -1.55. The van der Waals surface area contributed by atoms with E-state index in [1.54, 1.807) is 12.2 Å². The molecule has 0 fully saturated rings. The third-order valence-electron chi connectivity index (χ3n) is 7.84. The summed E-state index contributed by atoms with van der Waals surface area (Å²) in [6.07, 6.45) is 34.7. The van der Waals surface area contributed by atoms with E-state index in [2.05, 4.69) is 54.8 Å². The van der Waals surface area contributed by atoms with E-state index in [1.807, 2.05) is 12.2 Å². The standard InChI is InChI=1S/C40H68NO11P/c1-3-5-7-9-11-13-15-16-18-19-21-23-25-28-35(42)29-27-31-39(44)52-36(33-50-53(47,48)51-34-37(41)40(45)46)32-49-38(43)30-26-24-22-20-17-14-12-10-8-6-4-2/h10-13,16,18,21,23,25,28,35-37,42H,3-9,14-15,17,19-20,22,24,26-27,29-34,41H2,1-2H3,(H,45,46)(H,47,48)/b12-10-,13-11-,18-16-,23-21-,28-25+/t35-,36+,37-/m0/s1. The smallest absolute Gasteiger partial charge is 0.472 e. The maximum atomic E-state index is 12.6. The maximum absolute atomic E-state index is 12.6. The topological polar surface area (TPSA) is 192 Å². The summed E-state index contributed by atoms with van der Waals surface area (Å²) in [7, 11) is -4.77. The quantitative estimate of drug-likeness (QED) is 0.0158. The Bertz CT molecular complexity index is 1150. The first kappa shape index (κ1) is 50.1. The van der Waals surface area contributed by atoms with E-state index >= 15 is 0 Å². The van der Waals surface area contributed by atoms with Crippen molar-refractivity contribution in [3.63, 3.8) is 0 Å². The van der Waals surface area contributed by atoms with Crippen LogP contribution >= 0.6 is 7.82 Å². The molecule has 304 valence electrons. The Hall–Kier alpha value is -2.86. The van der Waals surface area contributed by atoms with Crippen molar-refractivity contribution < 1.29 is 52.6 Å². The molecule has 0 amide bonds. The molecule has 0 aliphatic carbocycles. The molecule has 53 heavy (non-hydrogen) atoms. The highest BCUT2D eigenvalue weighted by Crippen LogP contribution is 2.43. The molecule has 12 nitrogen and oxygen atoms in total. The van der Waals surface area contributed by atoms with Crippen LogP contribution in [0.2, 0.25) is 0 Å². The molecule has 4 atom stereocenters. The number of carboxylic acids is 1. The number of esters is 2. The van der Waals surface area contributed by atoms with Gasteiger partial charge in [-0.3, -0.25) is 23.4 Å². The number of phosphoric ester groups is 1. The van der Waals surface area contributed by atoms with Crippen molar-refractivity contribution in [2.75, 3.05) is 19.8 Å². The summed E-state index contributed by atoms with van der Waals surface area (Å²) in [4.78, 5) is 45.8. The van der Waals surface area contributed by atoms with Crippen molar-refractivity contribution in [2.45, 2.75) is 154 Å². The van der Waals surface area contributed by atoms with Gasteiger partial charge < -0.3 is 30.3 Å². The lowest BCUT2D eigenvalue weighted by molar-refractivity contribution is -0.161. The van der Waals surface area contributed by atoms with Gasteiger partial charge in [-0.2, -0.15) is 0 Å². The van der Waals surface area contributed by atoms with E-state index in [1.165, 1.54) is 32.1 Å². The Morgan fingerprint density at radius 2 is 1.25 bits per heavy atom. The molecule has 0 saturated carbocycles. The van der Waals surface area contributed by atoms with Gasteiger partial charge in [-0.25, -0.2) is 4.57 Å². The van der Waals surface area contributed by atoms with Crippen LogP contribution in [0.25, 0.3) is 0 Å². The second-order valence-corrected chi connectivity index (χ2v) is 14.4. The zero-order chi connectivity index (χ0) is 39.4. The van der Waals surface area contributed by atoms with Crippen LogP contribution in [0.5, 0.6) is 0 Å². The van der Waals surface area contributed by atoms with Crippen LogP contribution in [0, 0.1) is 0 Å². The van der Waals surface area contributed by atoms with E-state index in [4.69, 9.17) is 24.8 Å². The van der Waals surface area contributed by atoms with Crippen molar-refractivity contribution in [1.82, 2.24) is 0 Å². The van der Waals surface area contributed by atoms with Gasteiger partial charge in [-0.1, -0.05) is 120 Å². The average Bonchev–Trinajstić information content (AvgIpc) is 3.12. The first-order valence-corrected chi connectivity index (χ1v) is 20.9. The molecular formula is C40H68NO11P. The average molecular weight is 770 g/mol. The molecule has 1 unspecified atom stereocenters. The minimum absolute atomic E-state index is 0.0711. The van der Waals surface area contributed by atoms with Gasteiger partial charge in [0.15, 0.2) is 6.10 Å². The van der Waals surface area contributed by atoms with Crippen molar-refractivity contribution in [3.05, 3.63) is 60.8 Å². The summed E-state index contributed by atoms with van der Waals surface area (Å²) < 4.78 is 32.4. The summed E-state index contributed by atoms with van der Waals surface area (Å²) in [6.45, 7) is 2.49. The highest BCUT2D eigenvalue weighted by Gasteiger charge is 2.28. The second kappa shape index (κ2) is 34.9. The molecule has 0 aliphatic rings.